The number of carbonyl (C=O) groups is 4. The minimum absolute atomic E-state index is 0. The van der Waals surface area contributed by atoms with Crippen LogP contribution in [0.3, 0.4) is 0 Å². The fourth-order valence-corrected chi connectivity index (χ4v) is 4.67. The van der Waals surface area contributed by atoms with Gasteiger partial charge in [0.2, 0.25) is 6.23 Å². The van der Waals surface area contributed by atoms with Gasteiger partial charge in [0, 0.05) is 11.1 Å². The largest absolute Gasteiger partial charge is 0.508 e. The van der Waals surface area contributed by atoms with Gasteiger partial charge in [-0.05, 0) is 87.0 Å². The molecule has 304 valence electrons. The quantitative estimate of drug-likeness (QED) is 0.0544. The molecule has 2 amide bonds. The van der Waals surface area contributed by atoms with Crippen molar-refractivity contribution in [3.63, 3.8) is 0 Å². The third kappa shape index (κ3) is 18.6. The van der Waals surface area contributed by atoms with Crippen molar-refractivity contribution in [2.24, 2.45) is 0 Å². The summed E-state index contributed by atoms with van der Waals surface area (Å²) in [7, 11) is -4.02. The van der Waals surface area contributed by atoms with E-state index in [-0.39, 0.29) is 37.2 Å². The molecule has 57 heavy (non-hydrogen) atoms. The molecule has 0 spiro atoms. The summed E-state index contributed by atoms with van der Waals surface area (Å²) in [6.07, 6.45) is -1.63. The number of ether oxygens (including phenoxy) is 2. The normalized spacial score (nSPS) is 11.0. The second-order valence-electron chi connectivity index (χ2n) is 11.2. The number of aliphatic hydroxyl groups excluding tert-OH is 1. The van der Waals surface area contributed by atoms with Gasteiger partial charge >= 0.3 is 11.9 Å². The van der Waals surface area contributed by atoms with E-state index in [1.807, 2.05) is 13.0 Å². The summed E-state index contributed by atoms with van der Waals surface area (Å²) in [5.41, 5.74) is 2.32. The molecular weight excluding hydrogens is 757 g/mol. The van der Waals surface area contributed by atoms with Crippen molar-refractivity contribution in [2.45, 2.75) is 45.4 Å². The van der Waals surface area contributed by atoms with Gasteiger partial charge in [0.1, 0.15) is 11.5 Å². The summed E-state index contributed by atoms with van der Waals surface area (Å²) in [5, 5.41) is 32.0. The Hall–Kier alpha value is -6.55. The van der Waals surface area contributed by atoms with Gasteiger partial charge in [-0.15, -0.1) is 0 Å². The molecule has 0 bridgehead atoms. The van der Waals surface area contributed by atoms with Gasteiger partial charge in [0.15, 0.2) is 6.04 Å². The van der Waals surface area contributed by atoms with Crippen LogP contribution in [-0.2, 0) is 29.2 Å². The van der Waals surface area contributed by atoms with E-state index in [1.54, 1.807) is 123 Å². The van der Waals surface area contributed by atoms with Crippen molar-refractivity contribution < 1.29 is 56.9 Å². The van der Waals surface area contributed by atoms with Crippen molar-refractivity contribution in [1.29, 1.82) is 0 Å². The maximum atomic E-state index is 12.2. The number of para-hydroxylation sites is 1. The van der Waals surface area contributed by atoms with E-state index in [0.717, 1.165) is 5.56 Å². The predicted octanol–water partition coefficient (Wildman–Crippen LogP) is 5.99. The second-order valence-corrected chi connectivity index (χ2v) is 12.7. The van der Waals surface area contributed by atoms with E-state index >= 15 is 0 Å². The number of nitrogens with one attached hydrogen (secondary N) is 2. The number of hydrogen-bond acceptors (Lipinski definition) is 11. The van der Waals surface area contributed by atoms with E-state index in [9.17, 15) is 37.8 Å². The molecule has 6 N–H and O–H groups in total. The molecule has 0 fully saturated rings. The van der Waals surface area contributed by atoms with Crippen LogP contribution in [0.4, 0.5) is 0 Å². The summed E-state index contributed by atoms with van der Waals surface area (Å²) in [6.45, 7) is 5.52. The topological polar surface area (TPSA) is 226 Å². The highest BCUT2D eigenvalue weighted by molar-refractivity contribution is 7.85. The SMILES string of the molecule is C.CCOC(=O)C(NC(=O)c1ccccc1)c1ccc(O)cc1.CCOC(=O)C(O)NC(=O)c1ccccc1.Cc1ccc(S(=O)(=O)O)cc1.Oc1ccccc1. The summed E-state index contributed by atoms with van der Waals surface area (Å²) >= 11 is 0. The smallest absolute Gasteiger partial charge is 0.356 e. The molecular formula is C42H48N2O12S. The summed E-state index contributed by atoms with van der Waals surface area (Å²) in [6, 6.07) is 36.7. The van der Waals surface area contributed by atoms with Crippen LogP contribution in [0.15, 0.2) is 144 Å². The van der Waals surface area contributed by atoms with Crippen LogP contribution >= 0.6 is 0 Å². The summed E-state index contributed by atoms with van der Waals surface area (Å²) in [4.78, 5) is 46.8. The van der Waals surface area contributed by atoms with Crippen molar-refractivity contribution in [3.8, 4) is 11.5 Å². The fraction of sp³-hybridized carbons (Fsp3) is 0.190. The molecule has 0 saturated carbocycles. The third-order valence-electron chi connectivity index (χ3n) is 6.95. The molecule has 14 nitrogen and oxygen atoms in total. The van der Waals surface area contributed by atoms with Crippen molar-refractivity contribution in [3.05, 3.63) is 162 Å². The number of aromatic hydroxyl groups is 2. The van der Waals surface area contributed by atoms with E-state index in [2.05, 4.69) is 15.4 Å². The maximum absolute atomic E-state index is 12.2. The molecule has 15 heteroatoms. The first kappa shape index (κ1) is 48.5. The fourth-order valence-electron chi connectivity index (χ4n) is 4.19. The van der Waals surface area contributed by atoms with Gasteiger partial charge in [-0.3, -0.25) is 14.1 Å². The lowest BCUT2D eigenvalue weighted by Gasteiger charge is -2.17. The number of phenolic OH excluding ortho intramolecular Hbond substituents is 2. The Morgan fingerprint density at radius 2 is 1.00 bits per heavy atom. The average molecular weight is 805 g/mol. The standard InChI is InChI=1S/C17H17NO4.C11H13NO4.C7H8O3S.C6H6O.CH4/c1-2-22-17(21)15(12-8-10-14(19)11-9-12)18-16(20)13-6-4-3-5-7-13;1-2-16-11(15)10(14)12-9(13)8-6-4-3-5-7-8;1-6-2-4-7(5-3-6)11(8,9)10;7-6-4-2-1-3-5-6;/h3-11,15,19H,2H2,1H3,(H,18,20);3-7,10,14H,2H2,1H3,(H,12,13);2-5H,1H3,(H,8,9,10);1-5,7H;1H4. The van der Waals surface area contributed by atoms with E-state index in [1.165, 1.54) is 24.3 Å². The van der Waals surface area contributed by atoms with Gasteiger partial charge in [-0.25, -0.2) is 9.59 Å². The molecule has 0 saturated heterocycles. The minimum atomic E-state index is -4.02. The number of esters is 2. The number of aryl methyl sites for hydroxylation is 1. The number of rotatable bonds is 10. The Bertz CT molecular complexity index is 2050. The lowest BCUT2D eigenvalue weighted by atomic mass is 10.1. The molecule has 0 aromatic heterocycles. The molecule has 2 unspecified atom stereocenters. The molecule has 5 aromatic rings. The van der Waals surface area contributed by atoms with Crippen molar-refractivity contribution in [2.75, 3.05) is 13.2 Å². The lowest BCUT2D eigenvalue weighted by molar-refractivity contribution is -0.154. The number of phenols is 2. The predicted molar refractivity (Wildman–Crippen MR) is 214 cm³/mol. The molecule has 0 aliphatic rings. The van der Waals surface area contributed by atoms with Gasteiger partial charge in [0.25, 0.3) is 21.9 Å². The molecule has 0 radical (unpaired) electrons. The van der Waals surface area contributed by atoms with E-state index in [0.29, 0.717) is 22.4 Å². The third-order valence-corrected chi connectivity index (χ3v) is 7.82. The first-order chi connectivity index (χ1) is 26.7. The Labute approximate surface area is 332 Å². The highest BCUT2D eigenvalue weighted by Gasteiger charge is 2.24. The Morgan fingerprint density at radius 3 is 1.40 bits per heavy atom. The monoisotopic (exact) mass is 804 g/mol. The zero-order valence-electron chi connectivity index (χ0n) is 30.8. The van der Waals surface area contributed by atoms with Crippen molar-refractivity contribution in [1.82, 2.24) is 10.6 Å². The highest BCUT2D eigenvalue weighted by Crippen LogP contribution is 2.19. The number of benzene rings is 5. The maximum Gasteiger partial charge on any atom is 0.356 e. The molecule has 0 aliphatic carbocycles. The van der Waals surface area contributed by atoms with Gasteiger partial charge in [0.05, 0.1) is 18.1 Å². The van der Waals surface area contributed by atoms with Gasteiger partial charge < -0.3 is 35.4 Å². The van der Waals surface area contributed by atoms with Crippen LogP contribution in [-0.4, -0.2) is 71.5 Å². The Balaban J connectivity index is 0.000000407. The Morgan fingerprint density at radius 1 is 0.596 bits per heavy atom. The second kappa shape index (κ2) is 25.5. The van der Waals surface area contributed by atoms with Crippen LogP contribution in [0.2, 0.25) is 0 Å². The van der Waals surface area contributed by atoms with Crippen LogP contribution in [0.25, 0.3) is 0 Å². The molecule has 0 heterocycles. The van der Waals surface area contributed by atoms with Gasteiger partial charge in [-0.2, -0.15) is 8.42 Å². The molecule has 5 rings (SSSR count). The number of aliphatic hydroxyl groups is 1. The lowest BCUT2D eigenvalue weighted by Crippen LogP contribution is -2.41. The number of hydrogen-bond donors (Lipinski definition) is 6. The zero-order valence-corrected chi connectivity index (χ0v) is 31.6. The summed E-state index contributed by atoms with van der Waals surface area (Å²) in [5.74, 6) is -1.90. The summed E-state index contributed by atoms with van der Waals surface area (Å²) < 4.78 is 39.1. The number of carbonyl (C=O) groups excluding carboxylic acids is 4. The minimum Gasteiger partial charge on any atom is -0.508 e. The first-order valence-electron chi connectivity index (χ1n) is 17.0. The first-order valence-corrected chi connectivity index (χ1v) is 18.4. The van der Waals surface area contributed by atoms with Crippen LogP contribution < -0.4 is 10.6 Å². The van der Waals surface area contributed by atoms with E-state index < -0.39 is 40.2 Å². The van der Waals surface area contributed by atoms with Crippen LogP contribution in [0, 0.1) is 6.92 Å². The molecule has 5 aromatic carbocycles. The van der Waals surface area contributed by atoms with Crippen LogP contribution in [0.1, 0.15) is 59.2 Å². The molecule has 2 atom stereocenters. The zero-order chi connectivity index (χ0) is 41.5. The van der Waals surface area contributed by atoms with Crippen molar-refractivity contribution >= 4 is 33.9 Å². The van der Waals surface area contributed by atoms with Gasteiger partial charge in [-0.1, -0.05) is 91.9 Å². The Kier molecular flexibility index (Phi) is 21.7. The van der Waals surface area contributed by atoms with E-state index in [4.69, 9.17) is 14.4 Å². The highest BCUT2D eigenvalue weighted by atomic mass is 32.2. The number of amides is 2. The molecule has 0 aliphatic heterocycles. The average Bonchev–Trinajstić information content (AvgIpc) is 3.19. The van der Waals surface area contributed by atoms with Crippen LogP contribution in [0.5, 0.6) is 11.5 Å².